The van der Waals surface area contributed by atoms with Crippen molar-refractivity contribution in [2.75, 3.05) is 30.4 Å². The quantitative estimate of drug-likeness (QED) is 0.648. The fourth-order valence-electron chi connectivity index (χ4n) is 2.03. The molecule has 20 heavy (non-hydrogen) atoms. The highest BCUT2D eigenvalue weighted by atomic mass is 16.5. The van der Waals surface area contributed by atoms with Crippen molar-refractivity contribution in [3.05, 3.63) is 12.3 Å². The van der Waals surface area contributed by atoms with Crippen LogP contribution in [0.3, 0.4) is 0 Å². The lowest BCUT2D eigenvalue weighted by Gasteiger charge is -2.23. The molecule has 2 rings (SSSR count). The van der Waals surface area contributed by atoms with Crippen LogP contribution in [0.5, 0.6) is 0 Å². The Kier molecular flexibility index (Phi) is 5.55. The Balaban J connectivity index is 1.79. The molecule has 1 fully saturated rings. The number of nitrogens with one attached hydrogen (secondary N) is 2. The lowest BCUT2D eigenvalue weighted by atomic mass is 10.1. The summed E-state index contributed by atoms with van der Waals surface area (Å²) in [6.07, 6.45) is 4.50. The number of hydrogen-bond donors (Lipinski definition) is 3. The van der Waals surface area contributed by atoms with Gasteiger partial charge in [-0.1, -0.05) is 0 Å². The van der Waals surface area contributed by atoms with Crippen LogP contribution < -0.4 is 10.6 Å². The number of rotatable bonds is 7. The molecule has 0 saturated carbocycles. The Morgan fingerprint density at radius 3 is 3.20 bits per heavy atom. The molecule has 7 heteroatoms. The fraction of sp³-hybridized carbons (Fsp3) is 0.615. The normalized spacial score (nSPS) is 18.5. The third-order valence-corrected chi connectivity index (χ3v) is 3.02. The fourth-order valence-corrected chi connectivity index (χ4v) is 2.03. The Morgan fingerprint density at radius 1 is 1.55 bits per heavy atom. The third kappa shape index (κ3) is 5.00. The van der Waals surface area contributed by atoms with E-state index in [1.807, 2.05) is 6.07 Å². The van der Waals surface area contributed by atoms with Gasteiger partial charge in [0.1, 0.15) is 5.82 Å². The molecule has 2 heterocycles. The number of nitrogens with zero attached hydrogens (tertiary/aromatic N) is 2. The number of carbonyl (C=O) groups is 1. The topological polar surface area (TPSA) is 96.4 Å². The summed E-state index contributed by atoms with van der Waals surface area (Å²) in [4.78, 5) is 18.9. The molecule has 7 nitrogen and oxygen atoms in total. The highest BCUT2D eigenvalue weighted by molar-refractivity contribution is 5.66. The van der Waals surface area contributed by atoms with E-state index in [1.165, 1.54) is 0 Å². The molecular formula is C13H20N4O3. The zero-order valence-electron chi connectivity index (χ0n) is 11.3. The second kappa shape index (κ2) is 7.64. The third-order valence-electron chi connectivity index (χ3n) is 3.02. The Bertz CT molecular complexity index is 435. The van der Waals surface area contributed by atoms with Crippen LogP contribution in [0, 0.1) is 0 Å². The van der Waals surface area contributed by atoms with Crippen molar-refractivity contribution in [2.45, 2.75) is 31.7 Å². The minimum absolute atomic E-state index is 0.143. The molecule has 1 aromatic rings. The van der Waals surface area contributed by atoms with Crippen molar-refractivity contribution in [3.8, 4) is 0 Å². The summed E-state index contributed by atoms with van der Waals surface area (Å²) in [7, 11) is 0. The van der Waals surface area contributed by atoms with Gasteiger partial charge >= 0.3 is 5.97 Å². The Hall–Kier alpha value is -1.89. The standard InChI is InChI=1S/C13H20N4O3/c18-12(19)4-1-6-14-13-15-7-5-11(17-13)16-10-3-2-8-20-9-10/h5,7,10H,1-4,6,8-9H2,(H,18,19)(H2,14,15,16,17). The monoisotopic (exact) mass is 280 g/mol. The van der Waals surface area contributed by atoms with Crippen molar-refractivity contribution in [1.82, 2.24) is 9.97 Å². The van der Waals surface area contributed by atoms with Crippen molar-refractivity contribution in [1.29, 1.82) is 0 Å². The van der Waals surface area contributed by atoms with Gasteiger partial charge in [0.05, 0.1) is 12.6 Å². The maximum absolute atomic E-state index is 10.4. The summed E-state index contributed by atoms with van der Waals surface area (Å²) in [5.41, 5.74) is 0. The van der Waals surface area contributed by atoms with E-state index in [-0.39, 0.29) is 6.42 Å². The molecule has 0 radical (unpaired) electrons. The van der Waals surface area contributed by atoms with Gasteiger partial charge in [-0.2, -0.15) is 4.98 Å². The predicted octanol–water partition coefficient (Wildman–Crippen LogP) is 1.34. The molecule has 3 N–H and O–H groups in total. The van der Waals surface area contributed by atoms with Crippen LogP contribution in [0.15, 0.2) is 12.3 Å². The van der Waals surface area contributed by atoms with Crippen LogP contribution in [0.25, 0.3) is 0 Å². The lowest BCUT2D eigenvalue weighted by molar-refractivity contribution is -0.137. The van der Waals surface area contributed by atoms with E-state index < -0.39 is 5.97 Å². The first kappa shape index (κ1) is 14.5. The van der Waals surface area contributed by atoms with Crippen LogP contribution in [0.4, 0.5) is 11.8 Å². The Morgan fingerprint density at radius 2 is 2.45 bits per heavy atom. The maximum Gasteiger partial charge on any atom is 0.303 e. The first-order valence-corrected chi connectivity index (χ1v) is 6.87. The highest BCUT2D eigenvalue weighted by Crippen LogP contribution is 2.13. The molecular weight excluding hydrogens is 260 g/mol. The molecule has 0 bridgehead atoms. The maximum atomic E-state index is 10.4. The molecule has 1 aliphatic heterocycles. The number of ether oxygens (including phenoxy) is 1. The van der Waals surface area contributed by atoms with E-state index in [2.05, 4.69) is 20.6 Å². The van der Waals surface area contributed by atoms with Crippen LogP contribution in [-0.2, 0) is 9.53 Å². The second-order valence-corrected chi connectivity index (χ2v) is 4.75. The zero-order valence-corrected chi connectivity index (χ0v) is 11.3. The van der Waals surface area contributed by atoms with E-state index in [4.69, 9.17) is 9.84 Å². The van der Waals surface area contributed by atoms with Gasteiger partial charge in [-0.25, -0.2) is 4.98 Å². The molecule has 110 valence electrons. The van der Waals surface area contributed by atoms with E-state index in [9.17, 15) is 4.79 Å². The van der Waals surface area contributed by atoms with Crippen molar-refractivity contribution in [3.63, 3.8) is 0 Å². The molecule has 0 aliphatic carbocycles. The van der Waals surface area contributed by atoms with E-state index in [0.29, 0.717) is 31.6 Å². The van der Waals surface area contributed by atoms with Gasteiger partial charge in [0.2, 0.25) is 5.95 Å². The second-order valence-electron chi connectivity index (χ2n) is 4.75. The number of hydrogen-bond acceptors (Lipinski definition) is 6. The zero-order chi connectivity index (χ0) is 14.2. The van der Waals surface area contributed by atoms with Gasteiger partial charge in [0.25, 0.3) is 0 Å². The number of carboxylic acids is 1. The minimum Gasteiger partial charge on any atom is -0.481 e. The van der Waals surface area contributed by atoms with Crippen LogP contribution in [-0.4, -0.2) is 46.8 Å². The van der Waals surface area contributed by atoms with E-state index >= 15 is 0 Å². The molecule has 1 aliphatic rings. The van der Waals surface area contributed by atoms with Crippen molar-refractivity contribution < 1.29 is 14.6 Å². The minimum atomic E-state index is -0.791. The average molecular weight is 280 g/mol. The number of aromatic nitrogens is 2. The van der Waals surface area contributed by atoms with E-state index in [1.54, 1.807) is 6.20 Å². The van der Waals surface area contributed by atoms with Crippen LogP contribution >= 0.6 is 0 Å². The summed E-state index contributed by atoms with van der Waals surface area (Å²) in [6.45, 7) is 2.08. The molecule has 1 aromatic heterocycles. The van der Waals surface area contributed by atoms with Crippen LogP contribution in [0.2, 0.25) is 0 Å². The van der Waals surface area contributed by atoms with Crippen molar-refractivity contribution >= 4 is 17.7 Å². The van der Waals surface area contributed by atoms with Gasteiger partial charge in [0, 0.05) is 25.8 Å². The predicted molar refractivity (Wildman–Crippen MR) is 74.9 cm³/mol. The van der Waals surface area contributed by atoms with Gasteiger partial charge in [-0.3, -0.25) is 4.79 Å². The lowest BCUT2D eigenvalue weighted by Crippen LogP contribution is -2.30. The largest absolute Gasteiger partial charge is 0.481 e. The van der Waals surface area contributed by atoms with Gasteiger partial charge in [0.15, 0.2) is 0 Å². The van der Waals surface area contributed by atoms with Gasteiger partial charge < -0.3 is 20.5 Å². The highest BCUT2D eigenvalue weighted by Gasteiger charge is 2.14. The molecule has 0 aromatic carbocycles. The number of carboxylic acid groups (broad SMARTS) is 1. The molecule has 0 spiro atoms. The molecule has 1 saturated heterocycles. The summed E-state index contributed by atoms with van der Waals surface area (Å²) < 4.78 is 5.41. The van der Waals surface area contributed by atoms with E-state index in [0.717, 1.165) is 25.3 Å². The summed E-state index contributed by atoms with van der Waals surface area (Å²) in [5, 5.41) is 14.9. The molecule has 1 atom stereocenters. The smallest absolute Gasteiger partial charge is 0.303 e. The summed E-state index contributed by atoms with van der Waals surface area (Å²) in [6, 6.07) is 2.11. The van der Waals surface area contributed by atoms with Crippen molar-refractivity contribution in [2.24, 2.45) is 0 Å². The summed E-state index contributed by atoms with van der Waals surface area (Å²) >= 11 is 0. The number of aliphatic carboxylic acids is 1. The van der Waals surface area contributed by atoms with Gasteiger partial charge in [-0.05, 0) is 25.3 Å². The first-order chi connectivity index (χ1) is 9.74. The molecule has 0 amide bonds. The molecule has 1 unspecified atom stereocenters. The van der Waals surface area contributed by atoms with Gasteiger partial charge in [-0.15, -0.1) is 0 Å². The number of anilines is 2. The average Bonchev–Trinajstić information content (AvgIpc) is 2.45. The SMILES string of the molecule is O=C(O)CCCNc1nccc(NC2CCCOC2)n1. The van der Waals surface area contributed by atoms with Crippen LogP contribution in [0.1, 0.15) is 25.7 Å². The first-order valence-electron chi connectivity index (χ1n) is 6.87. The summed E-state index contributed by atoms with van der Waals surface area (Å²) in [5.74, 6) is 0.480. The Labute approximate surface area is 117 Å².